The number of rotatable bonds is 0. The van der Waals surface area contributed by atoms with Crippen LogP contribution in [-0.2, 0) is 5.41 Å². The van der Waals surface area contributed by atoms with E-state index in [1.54, 1.807) is 0 Å². The van der Waals surface area contributed by atoms with Crippen LogP contribution in [0.25, 0.3) is 21.7 Å². The Bertz CT molecular complexity index is 726. The zero-order valence-electron chi connectivity index (χ0n) is 11.5. The fourth-order valence-electron chi connectivity index (χ4n) is 2.59. The lowest BCUT2D eigenvalue weighted by Gasteiger charge is -2.20. The van der Waals surface area contributed by atoms with E-state index in [0.717, 1.165) is 0 Å². The summed E-state index contributed by atoms with van der Waals surface area (Å²) in [6, 6.07) is 15.1. The summed E-state index contributed by atoms with van der Waals surface area (Å²) < 4.78 is 0. The Hall–Kier alpha value is -1.16. The van der Waals surface area contributed by atoms with Crippen molar-refractivity contribution >= 4 is 21.7 Å². The van der Waals surface area contributed by atoms with E-state index in [0.29, 0.717) is 0 Å². The van der Waals surface area contributed by atoms with E-state index in [-0.39, 0.29) is 29.4 Å². The molecule has 1 aromatic heterocycles. The highest BCUT2D eigenvalue weighted by molar-refractivity contribution is 6.05. The number of H-pyrrole nitrogens is 1. The summed E-state index contributed by atoms with van der Waals surface area (Å²) >= 11 is 0. The zero-order chi connectivity index (χ0) is 12.8. The van der Waals surface area contributed by atoms with Crippen LogP contribution in [0.5, 0.6) is 0 Å². The van der Waals surface area contributed by atoms with Gasteiger partial charge in [-0.05, 0) is 17.0 Å². The van der Waals surface area contributed by atoms with Crippen LogP contribution in [0.3, 0.4) is 0 Å². The summed E-state index contributed by atoms with van der Waals surface area (Å²) in [5.74, 6) is 0. The second-order valence-corrected chi connectivity index (χ2v) is 5.85. The van der Waals surface area contributed by atoms with Crippen LogP contribution in [0.4, 0.5) is 0 Å². The van der Waals surface area contributed by atoms with E-state index >= 15 is 0 Å². The second-order valence-electron chi connectivity index (χ2n) is 5.85. The zero-order valence-corrected chi connectivity index (χ0v) is 13.7. The summed E-state index contributed by atoms with van der Waals surface area (Å²) in [6.45, 7) is 6.80. The highest BCUT2D eigenvalue weighted by Crippen LogP contribution is 2.32. The normalized spacial score (nSPS) is 11.5. The Balaban J connectivity index is 0.00000133. The number of aromatic amines is 1. The predicted molar refractivity (Wildman–Crippen MR) is 76.7 cm³/mol. The molecule has 0 saturated carbocycles. The van der Waals surface area contributed by atoms with Crippen molar-refractivity contribution < 1.29 is 29.0 Å². The third-order valence-electron chi connectivity index (χ3n) is 3.49. The average Bonchev–Trinajstić information content (AvgIpc) is 2.36. The lowest BCUT2D eigenvalue weighted by atomic mass is 9.83. The molecule has 0 spiro atoms. The number of pyridine rings is 1. The molecular formula is C17H18IN. The molecule has 3 rings (SSSR count). The van der Waals surface area contributed by atoms with E-state index < -0.39 is 0 Å². The largest absolute Gasteiger partial charge is 1.00 e. The molecule has 2 aromatic carbocycles. The molecule has 0 radical (unpaired) electrons. The molecule has 0 aliphatic rings. The quantitative estimate of drug-likeness (QED) is 0.420. The minimum absolute atomic E-state index is 0. The van der Waals surface area contributed by atoms with Gasteiger partial charge in [0, 0.05) is 16.8 Å². The van der Waals surface area contributed by atoms with Crippen molar-refractivity contribution in [3.63, 3.8) is 0 Å². The van der Waals surface area contributed by atoms with Crippen molar-refractivity contribution in [2.75, 3.05) is 0 Å². The maximum atomic E-state index is 3.41. The number of benzene rings is 2. The molecule has 0 amide bonds. The molecule has 19 heavy (non-hydrogen) atoms. The molecule has 2 heteroatoms. The molecule has 0 fully saturated rings. The predicted octanol–water partition coefficient (Wildman–Crippen LogP) is 1.11. The summed E-state index contributed by atoms with van der Waals surface area (Å²) in [6.07, 6.45) is 2.09. The molecular weight excluding hydrogens is 345 g/mol. The molecule has 0 bridgehead atoms. The average molecular weight is 363 g/mol. The highest BCUT2D eigenvalue weighted by Gasteiger charge is 2.20. The van der Waals surface area contributed by atoms with Crippen LogP contribution in [-0.4, -0.2) is 0 Å². The van der Waals surface area contributed by atoms with Crippen molar-refractivity contribution in [1.82, 2.24) is 0 Å². The SMILES string of the molecule is CC(C)(C)c1cccc2[nH+]cc3ccccc3c12.[I-]. The summed E-state index contributed by atoms with van der Waals surface area (Å²) in [4.78, 5) is 3.41. The Labute approximate surface area is 131 Å². The van der Waals surface area contributed by atoms with Gasteiger partial charge in [-0.2, -0.15) is 0 Å². The van der Waals surface area contributed by atoms with Gasteiger partial charge < -0.3 is 24.0 Å². The minimum Gasteiger partial charge on any atom is -1.00 e. The van der Waals surface area contributed by atoms with Gasteiger partial charge >= 0.3 is 0 Å². The summed E-state index contributed by atoms with van der Waals surface area (Å²) in [7, 11) is 0. The topological polar surface area (TPSA) is 14.1 Å². The number of hydrogen-bond donors (Lipinski definition) is 0. The Morgan fingerprint density at radius 1 is 0.895 bits per heavy atom. The van der Waals surface area contributed by atoms with E-state index in [9.17, 15) is 0 Å². The molecule has 0 unspecified atom stereocenters. The number of fused-ring (bicyclic) bond motifs is 3. The van der Waals surface area contributed by atoms with Crippen LogP contribution in [0.15, 0.2) is 48.7 Å². The van der Waals surface area contributed by atoms with Gasteiger partial charge in [0.15, 0.2) is 6.20 Å². The van der Waals surface area contributed by atoms with Gasteiger partial charge in [-0.25, -0.2) is 4.98 Å². The molecule has 0 saturated heterocycles. The minimum atomic E-state index is 0. The monoisotopic (exact) mass is 363 g/mol. The van der Waals surface area contributed by atoms with Crippen molar-refractivity contribution in [3.05, 3.63) is 54.2 Å². The summed E-state index contributed by atoms with van der Waals surface area (Å²) in [5, 5.41) is 3.95. The van der Waals surface area contributed by atoms with Crippen molar-refractivity contribution in [1.29, 1.82) is 0 Å². The number of nitrogens with one attached hydrogen (secondary N) is 1. The van der Waals surface area contributed by atoms with Crippen LogP contribution >= 0.6 is 0 Å². The fourth-order valence-corrected chi connectivity index (χ4v) is 2.59. The first-order valence-electron chi connectivity index (χ1n) is 6.40. The molecule has 98 valence electrons. The van der Waals surface area contributed by atoms with E-state index in [4.69, 9.17) is 0 Å². The number of aromatic nitrogens is 1. The second kappa shape index (κ2) is 5.08. The van der Waals surface area contributed by atoms with Crippen molar-refractivity contribution in [3.8, 4) is 0 Å². The van der Waals surface area contributed by atoms with Crippen LogP contribution in [0.1, 0.15) is 26.3 Å². The first-order chi connectivity index (χ1) is 8.57. The van der Waals surface area contributed by atoms with Gasteiger partial charge in [0.05, 0.1) is 5.39 Å². The van der Waals surface area contributed by atoms with Gasteiger partial charge in [0.25, 0.3) is 0 Å². The van der Waals surface area contributed by atoms with Crippen molar-refractivity contribution in [2.24, 2.45) is 0 Å². The molecule has 0 aliphatic heterocycles. The Morgan fingerprint density at radius 2 is 1.63 bits per heavy atom. The van der Waals surface area contributed by atoms with E-state index in [1.807, 2.05) is 0 Å². The highest BCUT2D eigenvalue weighted by atomic mass is 127. The summed E-state index contributed by atoms with van der Waals surface area (Å²) in [5.41, 5.74) is 2.76. The van der Waals surface area contributed by atoms with Gasteiger partial charge in [-0.3, -0.25) is 0 Å². The van der Waals surface area contributed by atoms with E-state index in [2.05, 4.69) is 74.4 Å². The molecule has 1 N–H and O–H groups in total. The molecule has 1 heterocycles. The third kappa shape index (κ3) is 2.46. The molecule has 0 atom stereocenters. The molecule has 1 nitrogen and oxygen atoms in total. The van der Waals surface area contributed by atoms with Crippen molar-refractivity contribution in [2.45, 2.75) is 26.2 Å². The Morgan fingerprint density at radius 3 is 2.37 bits per heavy atom. The van der Waals surface area contributed by atoms with E-state index in [1.165, 1.54) is 27.2 Å². The van der Waals surface area contributed by atoms with Crippen LogP contribution < -0.4 is 29.0 Å². The van der Waals surface area contributed by atoms with Crippen LogP contribution in [0, 0.1) is 0 Å². The lowest BCUT2D eigenvalue weighted by Crippen LogP contribution is -3.00. The number of hydrogen-bond acceptors (Lipinski definition) is 0. The van der Waals surface area contributed by atoms with Crippen LogP contribution in [0.2, 0.25) is 0 Å². The standard InChI is InChI=1S/C17H17N.HI/c1-17(2,3)14-9-6-10-15-16(14)13-8-5-4-7-12(13)11-18-15;/h4-11H,1-3H3;1H. The fraction of sp³-hybridized carbons (Fsp3) is 0.235. The molecule has 0 aliphatic carbocycles. The maximum absolute atomic E-state index is 3.41. The van der Waals surface area contributed by atoms with Gasteiger partial charge in [0.2, 0.25) is 5.52 Å². The third-order valence-corrected chi connectivity index (χ3v) is 3.49. The first kappa shape index (κ1) is 14.3. The molecule has 3 aromatic rings. The lowest BCUT2D eigenvalue weighted by molar-refractivity contribution is -0.342. The Kier molecular flexibility index (Phi) is 3.81. The van der Waals surface area contributed by atoms with Gasteiger partial charge in [-0.1, -0.05) is 51.1 Å². The first-order valence-corrected chi connectivity index (χ1v) is 6.40. The number of halogens is 1. The van der Waals surface area contributed by atoms with Gasteiger partial charge in [0.1, 0.15) is 0 Å². The van der Waals surface area contributed by atoms with Gasteiger partial charge in [-0.15, -0.1) is 0 Å². The smallest absolute Gasteiger partial charge is 0.211 e. The maximum Gasteiger partial charge on any atom is 0.211 e.